The normalized spacial score (nSPS) is 12.8. The molecule has 0 bridgehead atoms. The quantitative estimate of drug-likeness (QED) is 0.373. The van der Waals surface area contributed by atoms with E-state index in [1.54, 1.807) is 12.1 Å². The largest absolute Gasteiger partial charge is 0.492 e. The number of hydrogen-bond acceptors (Lipinski definition) is 5. The second kappa shape index (κ2) is 9.26. The van der Waals surface area contributed by atoms with Gasteiger partial charge in [-0.1, -0.05) is 11.6 Å². The van der Waals surface area contributed by atoms with Crippen LogP contribution < -0.4 is 14.8 Å². The van der Waals surface area contributed by atoms with Gasteiger partial charge in [0.2, 0.25) is 10.0 Å². The number of aliphatic hydroxyl groups is 1. The summed E-state index contributed by atoms with van der Waals surface area (Å²) in [5.74, 6) is 0.775. The van der Waals surface area contributed by atoms with Crippen molar-refractivity contribution in [3.05, 3.63) is 58.2 Å². The molecule has 1 aromatic heterocycles. The zero-order chi connectivity index (χ0) is 21.9. The third-order valence-electron chi connectivity index (χ3n) is 4.77. The smallest absolute Gasteiger partial charge is 0.229 e. The van der Waals surface area contributed by atoms with Gasteiger partial charge in [-0.25, -0.2) is 8.42 Å². The van der Waals surface area contributed by atoms with Crippen LogP contribution in [0, 0.1) is 13.8 Å². The molecule has 1 heterocycles. The summed E-state index contributed by atoms with van der Waals surface area (Å²) in [6.07, 6.45) is 0.214. The fourth-order valence-electron chi connectivity index (χ4n) is 3.22. The molecule has 2 aromatic carbocycles. The summed E-state index contributed by atoms with van der Waals surface area (Å²) in [5.41, 5.74) is 4.26. The zero-order valence-electron chi connectivity index (χ0n) is 17.1. The van der Waals surface area contributed by atoms with Crippen molar-refractivity contribution in [3.8, 4) is 5.75 Å². The van der Waals surface area contributed by atoms with Gasteiger partial charge < -0.3 is 20.1 Å². The average molecular weight is 452 g/mol. The van der Waals surface area contributed by atoms with E-state index in [1.165, 1.54) is 17.0 Å². The van der Waals surface area contributed by atoms with Gasteiger partial charge in [-0.05, 0) is 55.3 Å². The molecule has 7 nitrogen and oxygen atoms in total. The topological polar surface area (TPSA) is 103 Å². The van der Waals surface area contributed by atoms with Crippen molar-refractivity contribution < 1.29 is 18.3 Å². The van der Waals surface area contributed by atoms with E-state index in [0.717, 1.165) is 23.2 Å². The predicted octanol–water partition coefficient (Wildman–Crippen LogP) is 3.51. The Kier molecular flexibility index (Phi) is 6.92. The SMILES string of the molecule is Cc1[nH]c2cc(OCCNCC(O)c3cc(Cl)cc(NS(C)(=O)=O)c3)ccc2c1C. The second-order valence-electron chi connectivity index (χ2n) is 7.30. The Morgan fingerprint density at radius 1 is 1.20 bits per heavy atom. The van der Waals surface area contributed by atoms with E-state index >= 15 is 0 Å². The number of hydrogen-bond donors (Lipinski definition) is 4. The van der Waals surface area contributed by atoms with Gasteiger partial charge in [0.15, 0.2) is 0 Å². The molecule has 0 amide bonds. The van der Waals surface area contributed by atoms with Crippen LogP contribution in [0.5, 0.6) is 5.75 Å². The fourth-order valence-corrected chi connectivity index (χ4v) is 4.01. The monoisotopic (exact) mass is 451 g/mol. The van der Waals surface area contributed by atoms with Crippen LogP contribution in [0.4, 0.5) is 5.69 Å². The molecular weight excluding hydrogens is 426 g/mol. The van der Waals surface area contributed by atoms with E-state index in [9.17, 15) is 13.5 Å². The number of benzene rings is 2. The highest BCUT2D eigenvalue weighted by molar-refractivity contribution is 7.92. The minimum Gasteiger partial charge on any atom is -0.492 e. The van der Waals surface area contributed by atoms with Crippen molar-refractivity contribution in [1.82, 2.24) is 10.3 Å². The molecule has 0 aliphatic heterocycles. The third-order valence-corrected chi connectivity index (χ3v) is 5.60. The van der Waals surface area contributed by atoms with Crippen molar-refractivity contribution >= 4 is 38.2 Å². The summed E-state index contributed by atoms with van der Waals surface area (Å²) in [6.45, 7) is 5.38. The average Bonchev–Trinajstić information content (AvgIpc) is 2.93. The molecule has 0 aliphatic rings. The molecule has 1 atom stereocenters. The van der Waals surface area contributed by atoms with E-state index < -0.39 is 16.1 Å². The number of aromatic nitrogens is 1. The molecule has 162 valence electrons. The number of anilines is 1. The Morgan fingerprint density at radius 2 is 1.97 bits per heavy atom. The summed E-state index contributed by atoms with van der Waals surface area (Å²) < 4.78 is 30.9. The van der Waals surface area contributed by atoms with Crippen LogP contribution in [-0.2, 0) is 10.0 Å². The molecule has 3 rings (SSSR count). The van der Waals surface area contributed by atoms with Gasteiger partial charge in [0.05, 0.1) is 18.0 Å². The van der Waals surface area contributed by atoms with Crippen molar-refractivity contribution in [2.75, 3.05) is 30.7 Å². The highest BCUT2D eigenvalue weighted by atomic mass is 35.5. The Balaban J connectivity index is 1.49. The second-order valence-corrected chi connectivity index (χ2v) is 9.48. The maximum absolute atomic E-state index is 11.4. The molecule has 4 N–H and O–H groups in total. The lowest BCUT2D eigenvalue weighted by molar-refractivity contribution is 0.172. The van der Waals surface area contributed by atoms with Crippen molar-refractivity contribution in [2.45, 2.75) is 20.0 Å². The Hall–Kier alpha value is -2.26. The summed E-state index contributed by atoms with van der Waals surface area (Å²) in [4.78, 5) is 3.34. The lowest BCUT2D eigenvalue weighted by atomic mass is 10.1. The molecule has 3 aromatic rings. The maximum Gasteiger partial charge on any atom is 0.229 e. The molecule has 0 fully saturated rings. The van der Waals surface area contributed by atoms with Gasteiger partial charge in [-0.15, -0.1) is 0 Å². The predicted molar refractivity (Wildman–Crippen MR) is 121 cm³/mol. The number of sulfonamides is 1. The molecule has 0 saturated carbocycles. The first-order valence-corrected chi connectivity index (χ1v) is 11.8. The standard InChI is InChI=1S/C21H26ClN3O4S/c1-13-14(2)24-20-11-18(4-5-19(13)20)29-7-6-23-12-21(26)15-8-16(22)10-17(9-15)25-30(3,27)28/h4-5,8-11,21,23-26H,6-7,12H2,1-3H3. The molecule has 0 aliphatic carbocycles. The van der Waals surface area contributed by atoms with E-state index in [2.05, 4.69) is 21.9 Å². The van der Waals surface area contributed by atoms with Gasteiger partial charge in [0, 0.05) is 40.8 Å². The lowest BCUT2D eigenvalue weighted by Crippen LogP contribution is -2.26. The van der Waals surface area contributed by atoms with Crippen LogP contribution in [0.15, 0.2) is 36.4 Å². The Morgan fingerprint density at radius 3 is 2.70 bits per heavy atom. The van der Waals surface area contributed by atoms with Gasteiger partial charge >= 0.3 is 0 Å². The van der Waals surface area contributed by atoms with E-state index in [0.29, 0.717) is 29.4 Å². The first-order chi connectivity index (χ1) is 14.1. The molecule has 0 spiro atoms. The summed E-state index contributed by atoms with van der Waals surface area (Å²) in [6, 6.07) is 10.6. The third kappa shape index (κ3) is 5.89. The lowest BCUT2D eigenvalue weighted by Gasteiger charge is -2.15. The zero-order valence-corrected chi connectivity index (χ0v) is 18.7. The number of fused-ring (bicyclic) bond motifs is 1. The minimum atomic E-state index is -3.43. The number of aromatic amines is 1. The minimum absolute atomic E-state index is 0.274. The van der Waals surface area contributed by atoms with Crippen LogP contribution in [0.1, 0.15) is 22.9 Å². The van der Waals surface area contributed by atoms with Crippen molar-refractivity contribution in [1.29, 1.82) is 0 Å². The van der Waals surface area contributed by atoms with Gasteiger partial charge in [0.1, 0.15) is 12.4 Å². The highest BCUT2D eigenvalue weighted by Crippen LogP contribution is 2.26. The molecular formula is C21H26ClN3O4S. The van der Waals surface area contributed by atoms with Crippen LogP contribution in [0.25, 0.3) is 10.9 Å². The van der Waals surface area contributed by atoms with E-state index in [1.807, 2.05) is 25.1 Å². The maximum atomic E-state index is 11.4. The molecule has 0 saturated heterocycles. The van der Waals surface area contributed by atoms with Crippen LogP contribution in [0.2, 0.25) is 5.02 Å². The highest BCUT2D eigenvalue weighted by Gasteiger charge is 2.11. The fraction of sp³-hybridized carbons (Fsp3) is 0.333. The Bertz CT molecular complexity index is 1140. The number of nitrogens with one attached hydrogen (secondary N) is 3. The van der Waals surface area contributed by atoms with Crippen LogP contribution in [-0.4, -0.2) is 44.5 Å². The van der Waals surface area contributed by atoms with E-state index in [4.69, 9.17) is 16.3 Å². The summed E-state index contributed by atoms with van der Waals surface area (Å²) in [5, 5.41) is 15.0. The van der Waals surface area contributed by atoms with Gasteiger partial charge in [-0.3, -0.25) is 4.72 Å². The number of ether oxygens (including phenoxy) is 1. The Labute approximate surface area is 181 Å². The number of aryl methyl sites for hydroxylation is 2. The van der Waals surface area contributed by atoms with Crippen molar-refractivity contribution in [2.24, 2.45) is 0 Å². The first-order valence-electron chi connectivity index (χ1n) is 9.51. The molecule has 9 heteroatoms. The van der Waals surface area contributed by atoms with E-state index in [-0.39, 0.29) is 6.54 Å². The number of aliphatic hydroxyl groups excluding tert-OH is 1. The van der Waals surface area contributed by atoms with Crippen molar-refractivity contribution in [3.63, 3.8) is 0 Å². The molecule has 30 heavy (non-hydrogen) atoms. The van der Waals surface area contributed by atoms with Gasteiger partial charge in [0.25, 0.3) is 0 Å². The summed E-state index contributed by atoms with van der Waals surface area (Å²) >= 11 is 6.04. The first kappa shape index (κ1) is 22.4. The van der Waals surface area contributed by atoms with Crippen LogP contribution in [0.3, 0.4) is 0 Å². The molecule has 0 radical (unpaired) electrons. The van der Waals surface area contributed by atoms with Gasteiger partial charge in [-0.2, -0.15) is 0 Å². The summed E-state index contributed by atoms with van der Waals surface area (Å²) in [7, 11) is -3.43. The van der Waals surface area contributed by atoms with Crippen LogP contribution >= 0.6 is 11.6 Å². The number of halogens is 1. The number of H-pyrrole nitrogens is 1. The molecule has 1 unspecified atom stereocenters. The number of rotatable bonds is 9.